The Bertz CT molecular complexity index is 1080. The van der Waals surface area contributed by atoms with Gasteiger partial charge in [0.2, 0.25) is 0 Å². The van der Waals surface area contributed by atoms with Crippen LogP contribution in [0, 0.1) is 13.8 Å². The number of aryl methyl sites for hydroxylation is 3. The Kier molecular flexibility index (Phi) is 4.45. The van der Waals surface area contributed by atoms with Gasteiger partial charge in [-0.3, -0.25) is 19.4 Å². The Hall–Kier alpha value is -3.06. The molecule has 0 atom stereocenters. The summed E-state index contributed by atoms with van der Waals surface area (Å²) in [6, 6.07) is 9.70. The van der Waals surface area contributed by atoms with E-state index in [2.05, 4.69) is 29.1 Å². The van der Waals surface area contributed by atoms with E-state index in [0.717, 1.165) is 26.9 Å². The zero-order valence-corrected chi connectivity index (χ0v) is 16.2. The van der Waals surface area contributed by atoms with Crippen LogP contribution in [0.1, 0.15) is 27.2 Å². The fourth-order valence-electron chi connectivity index (χ4n) is 2.93. The second-order valence-electron chi connectivity index (χ2n) is 6.50. The van der Waals surface area contributed by atoms with Gasteiger partial charge in [0.1, 0.15) is 0 Å². The topological polar surface area (TPSA) is 63.9 Å². The van der Waals surface area contributed by atoms with Crippen LogP contribution < -0.4 is 4.90 Å². The van der Waals surface area contributed by atoms with E-state index in [-0.39, 0.29) is 5.91 Å². The summed E-state index contributed by atoms with van der Waals surface area (Å²) in [5.41, 5.74) is 4.54. The average molecular weight is 377 g/mol. The number of anilines is 1. The first-order chi connectivity index (χ1) is 13.0. The quantitative estimate of drug-likeness (QED) is 0.541. The van der Waals surface area contributed by atoms with Crippen LogP contribution in [0.25, 0.3) is 10.2 Å². The smallest absolute Gasteiger partial charge is 0.278 e. The lowest BCUT2D eigenvalue weighted by Gasteiger charge is -2.18. The number of pyridine rings is 1. The molecule has 0 radical (unpaired) electrons. The van der Waals surface area contributed by atoms with Crippen molar-refractivity contribution < 1.29 is 4.79 Å². The Morgan fingerprint density at radius 3 is 2.67 bits per heavy atom. The maximum absolute atomic E-state index is 13.2. The van der Waals surface area contributed by atoms with Gasteiger partial charge in [-0.25, -0.2) is 4.98 Å². The first kappa shape index (κ1) is 17.4. The standard InChI is InChI=1S/C20H19N5OS/c1-13-6-7-14(2)18-17(13)22-20(27-18)25(12-15-5-4-9-21-11-15)19(26)16-8-10-24(3)23-16/h4-11H,12H2,1-3H3. The second-order valence-corrected chi connectivity index (χ2v) is 7.48. The van der Waals surface area contributed by atoms with Crippen molar-refractivity contribution in [3.05, 3.63) is 71.3 Å². The van der Waals surface area contributed by atoms with E-state index in [1.807, 2.05) is 19.1 Å². The summed E-state index contributed by atoms with van der Waals surface area (Å²) in [5, 5.41) is 4.94. The molecule has 1 amide bonds. The average Bonchev–Trinajstić information content (AvgIpc) is 3.30. The minimum atomic E-state index is -0.172. The third-order valence-electron chi connectivity index (χ3n) is 4.40. The molecular formula is C20H19N5OS. The Labute approximate surface area is 161 Å². The van der Waals surface area contributed by atoms with Crippen molar-refractivity contribution in [2.45, 2.75) is 20.4 Å². The molecule has 0 saturated carbocycles. The van der Waals surface area contributed by atoms with Crippen LogP contribution in [-0.2, 0) is 13.6 Å². The lowest BCUT2D eigenvalue weighted by Crippen LogP contribution is -2.30. The van der Waals surface area contributed by atoms with Crippen molar-refractivity contribution in [2.75, 3.05) is 4.90 Å². The van der Waals surface area contributed by atoms with Crippen LogP contribution in [0.2, 0.25) is 0 Å². The van der Waals surface area contributed by atoms with Gasteiger partial charge < -0.3 is 0 Å². The number of fused-ring (bicyclic) bond motifs is 1. The highest BCUT2D eigenvalue weighted by atomic mass is 32.1. The highest BCUT2D eigenvalue weighted by Gasteiger charge is 2.24. The van der Waals surface area contributed by atoms with Crippen molar-refractivity contribution in [1.29, 1.82) is 0 Å². The lowest BCUT2D eigenvalue weighted by molar-refractivity contribution is 0.0979. The van der Waals surface area contributed by atoms with Gasteiger partial charge in [-0.2, -0.15) is 5.10 Å². The van der Waals surface area contributed by atoms with Crippen LogP contribution in [0.3, 0.4) is 0 Å². The predicted octanol–water partition coefficient (Wildman–Crippen LogP) is 3.89. The van der Waals surface area contributed by atoms with Gasteiger partial charge in [-0.15, -0.1) is 0 Å². The summed E-state index contributed by atoms with van der Waals surface area (Å²) in [6.07, 6.45) is 5.25. The molecule has 7 heteroatoms. The number of amides is 1. The van der Waals surface area contributed by atoms with Crippen molar-refractivity contribution in [3.63, 3.8) is 0 Å². The molecule has 0 saturated heterocycles. The number of benzene rings is 1. The van der Waals surface area contributed by atoms with E-state index in [4.69, 9.17) is 4.98 Å². The van der Waals surface area contributed by atoms with Gasteiger partial charge in [0.25, 0.3) is 5.91 Å². The number of thiazole rings is 1. The van der Waals surface area contributed by atoms with Gasteiger partial charge >= 0.3 is 0 Å². The lowest BCUT2D eigenvalue weighted by atomic mass is 10.1. The minimum absolute atomic E-state index is 0.172. The van der Waals surface area contributed by atoms with Crippen molar-refractivity contribution in [1.82, 2.24) is 19.7 Å². The molecule has 3 aromatic heterocycles. The molecule has 0 aliphatic rings. The summed E-state index contributed by atoms with van der Waals surface area (Å²) < 4.78 is 2.73. The number of nitrogens with zero attached hydrogens (tertiary/aromatic N) is 5. The molecular weight excluding hydrogens is 358 g/mol. The zero-order chi connectivity index (χ0) is 19.0. The predicted molar refractivity (Wildman–Crippen MR) is 107 cm³/mol. The molecule has 4 rings (SSSR count). The summed E-state index contributed by atoms with van der Waals surface area (Å²) in [7, 11) is 1.80. The van der Waals surface area contributed by atoms with E-state index >= 15 is 0 Å². The van der Waals surface area contributed by atoms with Crippen LogP contribution in [0.4, 0.5) is 5.13 Å². The minimum Gasteiger partial charge on any atom is -0.278 e. The van der Waals surface area contributed by atoms with Crippen LogP contribution in [-0.4, -0.2) is 25.7 Å². The van der Waals surface area contributed by atoms with Crippen LogP contribution >= 0.6 is 11.3 Å². The third-order valence-corrected chi connectivity index (χ3v) is 5.62. The zero-order valence-electron chi connectivity index (χ0n) is 15.4. The van der Waals surface area contributed by atoms with Gasteiger partial charge in [0.15, 0.2) is 10.8 Å². The fraction of sp³-hybridized carbons (Fsp3) is 0.200. The molecule has 4 aromatic rings. The highest BCUT2D eigenvalue weighted by molar-refractivity contribution is 7.22. The van der Waals surface area contributed by atoms with Gasteiger partial charge in [0.05, 0.1) is 16.8 Å². The largest absolute Gasteiger partial charge is 0.280 e. The monoisotopic (exact) mass is 377 g/mol. The molecule has 0 aliphatic carbocycles. The van der Waals surface area contributed by atoms with Crippen molar-refractivity contribution >= 4 is 32.6 Å². The SMILES string of the molecule is Cc1ccc(C)c2sc(N(Cc3cccnc3)C(=O)c3ccn(C)n3)nc12. The summed E-state index contributed by atoms with van der Waals surface area (Å²) in [4.78, 5) is 23.8. The summed E-state index contributed by atoms with van der Waals surface area (Å²) in [5.74, 6) is -0.172. The molecule has 6 nitrogen and oxygen atoms in total. The normalized spacial score (nSPS) is 11.1. The molecule has 0 unspecified atom stereocenters. The maximum atomic E-state index is 13.2. The highest BCUT2D eigenvalue weighted by Crippen LogP contribution is 2.34. The van der Waals surface area contributed by atoms with Crippen LogP contribution in [0.15, 0.2) is 48.9 Å². The third kappa shape index (κ3) is 3.33. The molecule has 3 heterocycles. The van der Waals surface area contributed by atoms with E-state index in [1.165, 1.54) is 11.3 Å². The van der Waals surface area contributed by atoms with Gasteiger partial charge in [-0.1, -0.05) is 29.5 Å². The molecule has 0 spiro atoms. The Morgan fingerprint density at radius 2 is 2.00 bits per heavy atom. The molecule has 0 fully saturated rings. The number of aromatic nitrogens is 4. The second kappa shape index (κ2) is 6.92. The Balaban J connectivity index is 1.81. The summed E-state index contributed by atoms with van der Waals surface area (Å²) >= 11 is 1.53. The van der Waals surface area contributed by atoms with E-state index in [0.29, 0.717) is 17.4 Å². The molecule has 27 heavy (non-hydrogen) atoms. The van der Waals surface area contributed by atoms with Crippen molar-refractivity contribution in [2.24, 2.45) is 7.05 Å². The first-order valence-corrected chi connectivity index (χ1v) is 9.42. The molecule has 0 aliphatic heterocycles. The Morgan fingerprint density at radius 1 is 1.19 bits per heavy atom. The number of hydrogen-bond donors (Lipinski definition) is 0. The number of carbonyl (C=O) groups is 1. The molecule has 136 valence electrons. The van der Waals surface area contributed by atoms with E-state index in [1.54, 1.807) is 41.3 Å². The van der Waals surface area contributed by atoms with Crippen LogP contribution in [0.5, 0.6) is 0 Å². The number of hydrogen-bond acceptors (Lipinski definition) is 5. The number of rotatable bonds is 4. The van der Waals surface area contributed by atoms with Gasteiger partial charge in [0, 0.05) is 25.6 Å². The summed E-state index contributed by atoms with van der Waals surface area (Å²) in [6.45, 7) is 4.49. The van der Waals surface area contributed by atoms with Crippen molar-refractivity contribution in [3.8, 4) is 0 Å². The van der Waals surface area contributed by atoms with Gasteiger partial charge in [-0.05, 0) is 42.7 Å². The van der Waals surface area contributed by atoms with E-state index in [9.17, 15) is 4.79 Å². The van der Waals surface area contributed by atoms with E-state index < -0.39 is 0 Å². The molecule has 0 bridgehead atoms. The maximum Gasteiger partial charge on any atom is 0.280 e. The fourth-order valence-corrected chi connectivity index (χ4v) is 4.04. The first-order valence-electron chi connectivity index (χ1n) is 8.60. The molecule has 0 N–H and O–H groups in total. The molecule has 1 aromatic carbocycles. The number of carbonyl (C=O) groups excluding carboxylic acids is 1.